The Hall–Kier alpha value is -3.83. The molecule has 1 unspecified atom stereocenters. The lowest BCUT2D eigenvalue weighted by molar-refractivity contribution is -0.253. The van der Waals surface area contributed by atoms with Crippen LogP contribution in [0.25, 0.3) is 0 Å². The van der Waals surface area contributed by atoms with Gasteiger partial charge < -0.3 is 15.4 Å². The van der Waals surface area contributed by atoms with Crippen molar-refractivity contribution in [3.8, 4) is 5.75 Å². The predicted octanol–water partition coefficient (Wildman–Crippen LogP) is 7.56. The van der Waals surface area contributed by atoms with E-state index in [0.29, 0.717) is 11.6 Å². The molecule has 41 heavy (non-hydrogen) atoms. The number of urea groups is 1. The molecule has 0 aliphatic heterocycles. The van der Waals surface area contributed by atoms with Crippen LogP contribution in [0.2, 0.25) is 0 Å². The fourth-order valence-corrected chi connectivity index (χ4v) is 4.87. The van der Waals surface area contributed by atoms with Gasteiger partial charge >= 0.3 is 18.6 Å². The number of halogens is 8. The summed E-state index contributed by atoms with van der Waals surface area (Å²) < 4.78 is 113. The highest BCUT2D eigenvalue weighted by atomic mass is 19.3. The van der Waals surface area contributed by atoms with E-state index >= 15 is 0 Å². The van der Waals surface area contributed by atoms with Gasteiger partial charge in [-0.25, -0.2) is 22.4 Å². The summed E-state index contributed by atoms with van der Waals surface area (Å²) in [5.41, 5.74) is -1.22. The van der Waals surface area contributed by atoms with Crippen molar-refractivity contribution in [2.24, 2.45) is 0 Å². The van der Waals surface area contributed by atoms with Crippen LogP contribution in [-0.4, -0.2) is 30.5 Å². The first-order valence-electron chi connectivity index (χ1n) is 12.7. The van der Waals surface area contributed by atoms with E-state index in [1.54, 1.807) is 30.3 Å². The van der Waals surface area contributed by atoms with Crippen molar-refractivity contribution in [1.82, 2.24) is 10.6 Å². The average Bonchev–Trinajstić information content (AvgIpc) is 2.90. The van der Waals surface area contributed by atoms with Crippen LogP contribution in [0.4, 0.5) is 39.9 Å². The zero-order valence-corrected chi connectivity index (χ0v) is 21.5. The van der Waals surface area contributed by atoms with Crippen LogP contribution in [0.5, 0.6) is 5.75 Å². The van der Waals surface area contributed by atoms with Crippen LogP contribution >= 0.6 is 0 Å². The SMILES string of the molecule is O=C(NC1CCC(F)(F)CC1)NC(Cc1ccccc1)(c1ccc(F)cc1)c1cc(F)cc(OC(F)(F)C(F)F)c1. The van der Waals surface area contributed by atoms with Crippen LogP contribution in [0.3, 0.4) is 0 Å². The average molecular weight is 587 g/mol. The molecule has 0 aromatic heterocycles. The highest BCUT2D eigenvalue weighted by Gasteiger charge is 2.45. The van der Waals surface area contributed by atoms with E-state index in [1.807, 2.05) is 0 Å². The van der Waals surface area contributed by atoms with E-state index in [2.05, 4.69) is 15.4 Å². The molecule has 3 aromatic rings. The van der Waals surface area contributed by atoms with Gasteiger partial charge in [-0.2, -0.15) is 17.6 Å². The Balaban J connectivity index is 1.81. The van der Waals surface area contributed by atoms with Crippen molar-refractivity contribution in [2.45, 2.75) is 62.1 Å². The number of alkyl halides is 6. The third-order valence-electron chi connectivity index (χ3n) is 6.90. The Morgan fingerprint density at radius 3 is 2.15 bits per heavy atom. The minimum absolute atomic E-state index is 0.0106. The molecule has 12 heteroatoms. The molecular weight excluding hydrogens is 560 g/mol. The standard InChI is InChI=1S/C29H26F8N2O2/c30-21-8-6-19(7-9-21)28(17-18-4-2-1-3-5-18,39-26(40)38-23-10-12-27(34,35)13-11-23)20-14-22(31)16-24(15-20)41-29(36,37)25(32)33/h1-9,14-16,23,25H,10-13,17H2,(H2,38,39,40). The third kappa shape index (κ3) is 7.47. The van der Waals surface area contributed by atoms with Crippen LogP contribution in [-0.2, 0) is 12.0 Å². The topological polar surface area (TPSA) is 50.4 Å². The predicted molar refractivity (Wildman–Crippen MR) is 134 cm³/mol. The van der Waals surface area contributed by atoms with Crippen molar-refractivity contribution in [3.63, 3.8) is 0 Å². The maximum absolute atomic E-state index is 14.9. The zero-order chi connectivity index (χ0) is 29.8. The Bertz CT molecular complexity index is 1330. The normalized spacial score (nSPS) is 17.1. The van der Waals surface area contributed by atoms with Crippen molar-refractivity contribution < 1.29 is 44.7 Å². The summed E-state index contributed by atoms with van der Waals surface area (Å²) in [6, 6.07) is 13.9. The number of ether oxygens (including phenoxy) is 1. The zero-order valence-electron chi connectivity index (χ0n) is 21.5. The second-order valence-electron chi connectivity index (χ2n) is 9.94. The summed E-state index contributed by atoms with van der Waals surface area (Å²) in [6.07, 6.45) is -10.2. The molecule has 2 amide bonds. The molecule has 1 aliphatic carbocycles. The van der Waals surface area contributed by atoms with Crippen molar-refractivity contribution >= 4 is 6.03 Å². The molecule has 0 heterocycles. The summed E-state index contributed by atoms with van der Waals surface area (Å²) >= 11 is 0. The summed E-state index contributed by atoms with van der Waals surface area (Å²) in [4.78, 5) is 13.4. The van der Waals surface area contributed by atoms with Crippen LogP contribution < -0.4 is 15.4 Å². The molecule has 2 N–H and O–H groups in total. The van der Waals surface area contributed by atoms with Gasteiger partial charge in [-0.05, 0) is 53.8 Å². The summed E-state index contributed by atoms with van der Waals surface area (Å²) in [5.74, 6) is -5.58. The van der Waals surface area contributed by atoms with E-state index in [4.69, 9.17) is 0 Å². The summed E-state index contributed by atoms with van der Waals surface area (Å²) in [5, 5.41) is 5.35. The van der Waals surface area contributed by atoms with Gasteiger partial charge in [-0.3, -0.25) is 0 Å². The molecule has 1 aliphatic rings. The minimum atomic E-state index is -4.95. The van der Waals surface area contributed by atoms with Gasteiger partial charge in [0.2, 0.25) is 5.92 Å². The fourth-order valence-electron chi connectivity index (χ4n) is 4.87. The van der Waals surface area contributed by atoms with Gasteiger partial charge in [-0.15, -0.1) is 0 Å². The van der Waals surface area contributed by atoms with E-state index in [0.717, 1.165) is 24.3 Å². The number of carbonyl (C=O) groups excluding carboxylic acids is 1. The quantitative estimate of drug-likeness (QED) is 0.254. The maximum atomic E-state index is 14.9. The molecule has 4 nitrogen and oxygen atoms in total. The number of benzene rings is 3. The molecule has 220 valence electrons. The van der Waals surface area contributed by atoms with Gasteiger partial charge in [0.1, 0.15) is 17.4 Å². The molecule has 0 radical (unpaired) electrons. The summed E-state index contributed by atoms with van der Waals surface area (Å²) in [6.45, 7) is 0. The van der Waals surface area contributed by atoms with Gasteiger partial charge in [0.25, 0.3) is 0 Å². The number of amides is 2. The molecular formula is C29H26F8N2O2. The first-order chi connectivity index (χ1) is 19.3. The number of hydrogen-bond acceptors (Lipinski definition) is 2. The van der Waals surface area contributed by atoms with E-state index in [1.165, 1.54) is 12.1 Å². The second kappa shape index (κ2) is 12.0. The monoisotopic (exact) mass is 586 g/mol. The van der Waals surface area contributed by atoms with E-state index in [9.17, 15) is 39.9 Å². The highest BCUT2D eigenvalue weighted by Crippen LogP contribution is 2.38. The van der Waals surface area contributed by atoms with Gasteiger partial charge in [0.05, 0.1) is 5.54 Å². The maximum Gasteiger partial charge on any atom is 0.461 e. The van der Waals surface area contributed by atoms with Crippen LogP contribution in [0.15, 0.2) is 72.8 Å². The molecule has 1 fully saturated rings. The largest absolute Gasteiger partial charge is 0.461 e. The van der Waals surface area contributed by atoms with Crippen LogP contribution in [0, 0.1) is 11.6 Å². The van der Waals surface area contributed by atoms with E-state index < -0.39 is 66.3 Å². The Morgan fingerprint density at radius 1 is 0.902 bits per heavy atom. The highest BCUT2D eigenvalue weighted by molar-refractivity contribution is 5.76. The number of hydrogen-bond donors (Lipinski definition) is 2. The molecule has 0 spiro atoms. The number of rotatable bonds is 9. The first-order valence-corrected chi connectivity index (χ1v) is 12.7. The van der Waals surface area contributed by atoms with Crippen molar-refractivity contribution in [1.29, 1.82) is 0 Å². The number of carbonyl (C=O) groups is 1. The smallest absolute Gasteiger partial charge is 0.428 e. The first kappa shape index (κ1) is 30.1. The minimum Gasteiger partial charge on any atom is -0.428 e. The van der Waals surface area contributed by atoms with Gasteiger partial charge in [-0.1, -0.05) is 42.5 Å². The fraction of sp³-hybridized carbons (Fsp3) is 0.345. The lowest BCUT2D eigenvalue weighted by atomic mass is 9.77. The van der Waals surface area contributed by atoms with E-state index in [-0.39, 0.29) is 30.4 Å². The number of nitrogens with one attached hydrogen (secondary N) is 2. The lowest BCUT2D eigenvalue weighted by Gasteiger charge is -2.38. The van der Waals surface area contributed by atoms with Gasteiger partial charge in [0.15, 0.2) is 0 Å². The molecule has 0 bridgehead atoms. The molecule has 4 rings (SSSR count). The second-order valence-corrected chi connectivity index (χ2v) is 9.94. The Labute approximate surface area is 230 Å². The van der Waals surface area contributed by atoms with Crippen molar-refractivity contribution in [3.05, 3.63) is 101 Å². The lowest BCUT2D eigenvalue weighted by Crippen LogP contribution is -2.54. The molecule has 0 saturated heterocycles. The summed E-state index contributed by atoms with van der Waals surface area (Å²) in [7, 11) is 0. The van der Waals surface area contributed by atoms with Gasteiger partial charge in [0, 0.05) is 31.4 Å². The van der Waals surface area contributed by atoms with Crippen LogP contribution in [0.1, 0.15) is 42.4 Å². The Morgan fingerprint density at radius 2 is 1.54 bits per heavy atom. The molecule has 3 aromatic carbocycles. The molecule has 1 atom stereocenters. The molecule has 1 saturated carbocycles. The third-order valence-corrected chi connectivity index (χ3v) is 6.90. The Kier molecular flexibility index (Phi) is 8.79. The van der Waals surface area contributed by atoms with Crippen molar-refractivity contribution in [2.75, 3.05) is 0 Å².